The molecule has 1 aromatic rings. The number of rotatable bonds is 4. The zero-order valence-electron chi connectivity index (χ0n) is 10.8. The minimum absolute atomic E-state index is 0.238. The smallest absolute Gasteiger partial charge is 0.128 e. The van der Waals surface area contributed by atoms with E-state index in [9.17, 15) is 4.39 Å². The Morgan fingerprint density at radius 3 is 2.59 bits per heavy atom. The molecule has 0 saturated heterocycles. The Hall–Kier alpha value is -1.25. The average Bonchev–Trinajstić information content (AvgIpc) is 3.02. The summed E-state index contributed by atoms with van der Waals surface area (Å²) in [6, 6.07) is 3.19. The van der Waals surface area contributed by atoms with Crippen molar-refractivity contribution in [2.45, 2.75) is 33.6 Å². The van der Waals surface area contributed by atoms with Gasteiger partial charge in [-0.3, -0.25) is 0 Å². The van der Waals surface area contributed by atoms with Crippen molar-refractivity contribution >= 4 is 11.4 Å². The van der Waals surface area contributed by atoms with Crippen molar-refractivity contribution < 1.29 is 4.39 Å². The molecular formula is C14H21FN2. The van der Waals surface area contributed by atoms with E-state index in [-0.39, 0.29) is 5.82 Å². The highest BCUT2D eigenvalue weighted by Crippen LogP contribution is 2.51. The highest BCUT2D eigenvalue weighted by atomic mass is 19.1. The monoisotopic (exact) mass is 236 g/mol. The molecule has 0 amide bonds. The Morgan fingerprint density at radius 1 is 1.41 bits per heavy atom. The number of anilines is 2. The van der Waals surface area contributed by atoms with Crippen LogP contribution in [0.1, 0.15) is 32.3 Å². The van der Waals surface area contributed by atoms with Crippen LogP contribution in [-0.2, 0) is 0 Å². The Labute approximate surface area is 102 Å². The van der Waals surface area contributed by atoms with Crippen molar-refractivity contribution in [3.8, 4) is 0 Å². The Balaban J connectivity index is 2.07. The molecular weight excluding hydrogens is 215 g/mol. The number of hydrogen-bond acceptors (Lipinski definition) is 2. The molecule has 1 aliphatic rings. The third-order valence-electron chi connectivity index (χ3n) is 4.08. The molecule has 0 spiro atoms. The number of nitrogen functional groups attached to an aromatic ring is 1. The van der Waals surface area contributed by atoms with E-state index in [2.05, 4.69) is 19.2 Å². The lowest BCUT2D eigenvalue weighted by atomic mass is 9.92. The van der Waals surface area contributed by atoms with Gasteiger partial charge < -0.3 is 11.1 Å². The maximum Gasteiger partial charge on any atom is 0.128 e. The lowest BCUT2D eigenvalue weighted by Gasteiger charge is -2.21. The van der Waals surface area contributed by atoms with Crippen molar-refractivity contribution in [1.29, 1.82) is 0 Å². The first kappa shape index (κ1) is 12.2. The van der Waals surface area contributed by atoms with Gasteiger partial charge >= 0.3 is 0 Å². The van der Waals surface area contributed by atoms with E-state index in [1.165, 1.54) is 18.9 Å². The minimum Gasteiger partial charge on any atom is -0.397 e. The van der Waals surface area contributed by atoms with Crippen LogP contribution in [0.25, 0.3) is 0 Å². The van der Waals surface area contributed by atoms with Gasteiger partial charge in [-0.05, 0) is 48.8 Å². The number of aryl methyl sites for hydroxylation is 1. The molecule has 3 heteroatoms. The Morgan fingerprint density at radius 2 is 2.06 bits per heavy atom. The molecule has 94 valence electrons. The first-order valence-corrected chi connectivity index (χ1v) is 6.24. The summed E-state index contributed by atoms with van der Waals surface area (Å²) in [6.45, 7) is 7.21. The largest absolute Gasteiger partial charge is 0.397 e. The SMILES string of the molecule is Cc1cc(NCC2(C(C)C)CC2)c(N)cc1F. The molecule has 0 bridgehead atoms. The quantitative estimate of drug-likeness (QED) is 0.784. The van der Waals surface area contributed by atoms with Crippen molar-refractivity contribution in [1.82, 2.24) is 0 Å². The number of hydrogen-bond donors (Lipinski definition) is 2. The summed E-state index contributed by atoms with van der Waals surface area (Å²) in [4.78, 5) is 0. The third-order valence-corrected chi connectivity index (χ3v) is 4.08. The third kappa shape index (κ3) is 2.38. The summed E-state index contributed by atoms with van der Waals surface area (Å²) in [5.74, 6) is 0.441. The zero-order chi connectivity index (χ0) is 12.6. The van der Waals surface area contributed by atoms with Crippen LogP contribution in [0, 0.1) is 24.1 Å². The van der Waals surface area contributed by atoms with E-state index < -0.39 is 0 Å². The summed E-state index contributed by atoms with van der Waals surface area (Å²) in [6.07, 6.45) is 2.55. The molecule has 0 aliphatic heterocycles. The van der Waals surface area contributed by atoms with Crippen LogP contribution in [0.3, 0.4) is 0 Å². The first-order valence-electron chi connectivity index (χ1n) is 6.24. The Bertz CT molecular complexity index is 422. The molecule has 3 N–H and O–H groups in total. The second-order valence-corrected chi connectivity index (χ2v) is 5.56. The minimum atomic E-state index is -0.238. The lowest BCUT2D eigenvalue weighted by Crippen LogP contribution is -2.21. The predicted molar refractivity (Wildman–Crippen MR) is 70.5 cm³/mol. The van der Waals surface area contributed by atoms with Gasteiger partial charge in [0.15, 0.2) is 0 Å². The van der Waals surface area contributed by atoms with Gasteiger partial charge in [0.1, 0.15) is 5.82 Å². The summed E-state index contributed by atoms with van der Waals surface area (Å²) < 4.78 is 13.3. The molecule has 2 nitrogen and oxygen atoms in total. The first-order chi connectivity index (χ1) is 7.94. The van der Waals surface area contributed by atoms with Gasteiger partial charge in [0.25, 0.3) is 0 Å². The fourth-order valence-corrected chi connectivity index (χ4v) is 2.24. The summed E-state index contributed by atoms with van der Waals surface area (Å²) in [7, 11) is 0. The fraction of sp³-hybridized carbons (Fsp3) is 0.571. The van der Waals surface area contributed by atoms with Crippen molar-refractivity contribution in [3.05, 3.63) is 23.5 Å². The van der Waals surface area contributed by atoms with Gasteiger partial charge in [-0.2, -0.15) is 0 Å². The lowest BCUT2D eigenvalue weighted by molar-refractivity contribution is 0.380. The molecule has 1 saturated carbocycles. The number of nitrogens with one attached hydrogen (secondary N) is 1. The Kier molecular flexibility index (Phi) is 3.02. The van der Waals surface area contributed by atoms with E-state index in [1.54, 1.807) is 13.0 Å². The topological polar surface area (TPSA) is 38.0 Å². The van der Waals surface area contributed by atoms with E-state index in [0.29, 0.717) is 22.6 Å². The molecule has 17 heavy (non-hydrogen) atoms. The van der Waals surface area contributed by atoms with Crippen molar-refractivity contribution in [2.24, 2.45) is 11.3 Å². The highest BCUT2D eigenvalue weighted by molar-refractivity contribution is 5.67. The summed E-state index contributed by atoms with van der Waals surface area (Å²) in [5, 5.41) is 3.37. The van der Waals surface area contributed by atoms with Gasteiger partial charge in [0.2, 0.25) is 0 Å². The van der Waals surface area contributed by atoms with E-state index >= 15 is 0 Å². The molecule has 1 aliphatic carbocycles. The maximum absolute atomic E-state index is 13.3. The summed E-state index contributed by atoms with van der Waals surface area (Å²) >= 11 is 0. The molecule has 1 fully saturated rings. The number of benzene rings is 1. The van der Waals surface area contributed by atoms with Crippen LogP contribution >= 0.6 is 0 Å². The van der Waals surface area contributed by atoms with Crippen LogP contribution in [0.15, 0.2) is 12.1 Å². The molecule has 2 rings (SSSR count). The van der Waals surface area contributed by atoms with E-state index in [0.717, 1.165) is 12.2 Å². The highest BCUT2D eigenvalue weighted by Gasteiger charge is 2.44. The van der Waals surface area contributed by atoms with Gasteiger partial charge in [-0.1, -0.05) is 13.8 Å². The van der Waals surface area contributed by atoms with E-state index in [4.69, 9.17) is 5.73 Å². The van der Waals surface area contributed by atoms with Gasteiger partial charge in [-0.25, -0.2) is 4.39 Å². The zero-order valence-corrected chi connectivity index (χ0v) is 10.8. The standard InChI is InChI=1S/C14H21FN2/c1-9(2)14(4-5-14)8-17-13-6-10(3)11(15)7-12(13)16/h6-7,9,17H,4-5,8,16H2,1-3H3. The number of nitrogens with two attached hydrogens (primary N) is 1. The van der Waals surface area contributed by atoms with Crippen LogP contribution in [0.5, 0.6) is 0 Å². The predicted octanol–water partition coefficient (Wildman–Crippen LogP) is 3.56. The van der Waals surface area contributed by atoms with Crippen LogP contribution in [-0.4, -0.2) is 6.54 Å². The maximum atomic E-state index is 13.3. The number of halogens is 1. The van der Waals surface area contributed by atoms with Crippen LogP contribution in [0.4, 0.5) is 15.8 Å². The van der Waals surface area contributed by atoms with Crippen LogP contribution < -0.4 is 11.1 Å². The molecule has 0 aromatic heterocycles. The second-order valence-electron chi connectivity index (χ2n) is 5.56. The summed E-state index contributed by atoms with van der Waals surface area (Å²) in [5.41, 5.74) is 8.22. The van der Waals surface area contributed by atoms with Crippen molar-refractivity contribution in [2.75, 3.05) is 17.6 Å². The second kappa shape index (κ2) is 4.21. The molecule has 0 atom stereocenters. The normalized spacial score (nSPS) is 17.2. The molecule has 0 unspecified atom stereocenters. The van der Waals surface area contributed by atoms with Crippen LogP contribution in [0.2, 0.25) is 0 Å². The fourth-order valence-electron chi connectivity index (χ4n) is 2.24. The van der Waals surface area contributed by atoms with Gasteiger partial charge in [-0.15, -0.1) is 0 Å². The van der Waals surface area contributed by atoms with E-state index in [1.807, 2.05) is 0 Å². The molecule has 0 radical (unpaired) electrons. The molecule has 0 heterocycles. The van der Waals surface area contributed by atoms with Gasteiger partial charge in [0.05, 0.1) is 11.4 Å². The van der Waals surface area contributed by atoms with Gasteiger partial charge in [0, 0.05) is 6.54 Å². The van der Waals surface area contributed by atoms with Crippen molar-refractivity contribution in [3.63, 3.8) is 0 Å². The molecule has 1 aromatic carbocycles. The average molecular weight is 236 g/mol.